The molecule has 0 aliphatic carbocycles. The number of aromatic nitrogens is 2. The van der Waals surface area contributed by atoms with Crippen molar-refractivity contribution < 1.29 is 0 Å². The third kappa shape index (κ3) is 1.74. The van der Waals surface area contributed by atoms with Crippen LogP contribution in [0.25, 0.3) is 21.5 Å². The van der Waals surface area contributed by atoms with Crippen LogP contribution in [0.15, 0.2) is 71.0 Å². The van der Waals surface area contributed by atoms with Gasteiger partial charge >= 0.3 is 0 Å². The lowest BCUT2D eigenvalue weighted by Crippen LogP contribution is -1.74. The van der Waals surface area contributed by atoms with Crippen LogP contribution in [0, 0.1) is 0 Å². The average molecular weight is 264 g/mol. The SMILES string of the molecule is c1ccc2c(Sc3[nH]cc4ccccc34)[nH]cc2c1. The van der Waals surface area contributed by atoms with Crippen LogP contribution in [0.1, 0.15) is 0 Å². The molecule has 19 heavy (non-hydrogen) atoms. The van der Waals surface area contributed by atoms with E-state index in [-0.39, 0.29) is 0 Å². The minimum Gasteiger partial charge on any atom is -0.355 e. The number of hydrogen-bond donors (Lipinski definition) is 2. The zero-order chi connectivity index (χ0) is 12.7. The first kappa shape index (κ1) is 10.8. The molecule has 2 heterocycles. The molecule has 2 nitrogen and oxygen atoms in total. The van der Waals surface area contributed by atoms with Gasteiger partial charge in [0.25, 0.3) is 0 Å². The zero-order valence-electron chi connectivity index (χ0n) is 10.2. The monoisotopic (exact) mass is 264 g/mol. The van der Waals surface area contributed by atoms with E-state index in [0.717, 1.165) is 0 Å². The lowest BCUT2D eigenvalue weighted by molar-refractivity contribution is 1.18. The molecule has 92 valence electrons. The molecule has 0 saturated heterocycles. The number of nitrogens with one attached hydrogen (secondary N) is 2. The fourth-order valence-electron chi connectivity index (χ4n) is 2.37. The smallest absolute Gasteiger partial charge is 0.0864 e. The van der Waals surface area contributed by atoms with Gasteiger partial charge < -0.3 is 9.97 Å². The van der Waals surface area contributed by atoms with E-state index in [0.29, 0.717) is 0 Å². The fraction of sp³-hybridized carbons (Fsp3) is 0. The Bertz CT molecular complexity index is 785. The molecule has 0 saturated carbocycles. The second kappa shape index (κ2) is 4.21. The fourth-order valence-corrected chi connectivity index (χ4v) is 3.40. The minimum atomic E-state index is 1.18. The van der Waals surface area contributed by atoms with Crippen LogP contribution in [0.3, 0.4) is 0 Å². The molecular weight excluding hydrogens is 252 g/mol. The molecule has 2 N–H and O–H groups in total. The number of rotatable bonds is 2. The minimum absolute atomic E-state index is 1.18. The molecule has 2 aromatic carbocycles. The van der Waals surface area contributed by atoms with E-state index < -0.39 is 0 Å². The van der Waals surface area contributed by atoms with Crippen molar-refractivity contribution in [3.05, 3.63) is 60.9 Å². The van der Waals surface area contributed by atoms with E-state index in [9.17, 15) is 0 Å². The Morgan fingerprint density at radius 2 is 1.11 bits per heavy atom. The van der Waals surface area contributed by atoms with Gasteiger partial charge in [-0.15, -0.1) is 0 Å². The number of benzene rings is 2. The summed E-state index contributed by atoms with van der Waals surface area (Å²) in [6.07, 6.45) is 4.12. The normalized spacial score (nSPS) is 11.4. The van der Waals surface area contributed by atoms with Crippen molar-refractivity contribution in [2.45, 2.75) is 10.1 Å². The molecule has 0 aliphatic heterocycles. The molecule has 0 unspecified atom stereocenters. The second-order valence-corrected chi connectivity index (χ2v) is 5.53. The van der Waals surface area contributed by atoms with Crippen molar-refractivity contribution in [1.82, 2.24) is 9.97 Å². The third-order valence-electron chi connectivity index (χ3n) is 3.33. The highest BCUT2D eigenvalue weighted by Crippen LogP contribution is 2.35. The van der Waals surface area contributed by atoms with Gasteiger partial charge in [-0.2, -0.15) is 0 Å². The van der Waals surface area contributed by atoms with Crippen LogP contribution in [-0.2, 0) is 0 Å². The van der Waals surface area contributed by atoms with Gasteiger partial charge in [-0.05, 0) is 0 Å². The van der Waals surface area contributed by atoms with Gasteiger partial charge in [-0.3, -0.25) is 0 Å². The third-order valence-corrected chi connectivity index (χ3v) is 4.42. The van der Waals surface area contributed by atoms with Crippen molar-refractivity contribution >= 4 is 33.3 Å². The molecular formula is C16H12N2S. The summed E-state index contributed by atoms with van der Waals surface area (Å²) in [5, 5.41) is 7.41. The van der Waals surface area contributed by atoms with Crippen molar-refractivity contribution in [3.8, 4) is 0 Å². The van der Waals surface area contributed by atoms with Gasteiger partial charge in [0, 0.05) is 33.9 Å². The second-order valence-electron chi connectivity index (χ2n) is 4.51. The quantitative estimate of drug-likeness (QED) is 0.535. The van der Waals surface area contributed by atoms with E-state index in [4.69, 9.17) is 0 Å². The first-order valence-electron chi connectivity index (χ1n) is 6.22. The molecule has 0 bridgehead atoms. The van der Waals surface area contributed by atoms with Crippen LogP contribution in [0.2, 0.25) is 0 Å². The molecule has 0 atom stereocenters. The number of H-pyrrole nitrogens is 2. The summed E-state index contributed by atoms with van der Waals surface area (Å²) >= 11 is 1.75. The molecule has 0 radical (unpaired) electrons. The molecule has 0 aliphatic rings. The van der Waals surface area contributed by atoms with E-state index in [2.05, 4.69) is 70.9 Å². The molecule has 0 spiro atoms. The molecule has 0 amide bonds. The predicted octanol–water partition coefficient (Wildman–Crippen LogP) is 4.80. The lowest BCUT2D eigenvalue weighted by atomic mass is 10.2. The number of hydrogen-bond acceptors (Lipinski definition) is 1. The van der Waals surface area contributed by atoms with E-state index in [1.54, 1.807) is 11.8 Å². The predicted molar refractivity (Wildman–Crippen MR) is 80.7 cm³/mol. The van der Waals surface area contributed by atoms with Gasteiger partial charge in [0.2, 0.25) is 0 Å². The first-order chi connectivity index (χ1) is 9.42. The highest BCUT2D eigenvalue weighted by molar-refractivity contribution is 7.99. The standard InChI is InChI=1S/C16H12N2S/c1-3-7-13-11(5-1)9-17-15(13)19-16-14-8-4-2-6-12(14)10-18-16/h1-10,17-18H. The van der Waals surface area contributed by atoms with Crippen molar-refractivity contribution in [1.29, 1.82) is 0 Å². The summed E-state index contributed by atoms with van der Waals surface area (Å²) in [7, 11) is 0. The van der Waals surface area contributed by atoms with Crippen molar-refractivity contribution in [2.75, 3.05) is 0 Å². The Morgan fingerprint density at radius 1 is 0.632 bits per heavy atom. The zero-order valence-corrected chi connectivity index (χ0v) is 11.0. The van der Waals surface area contributed by atoms with E-state index in [1.165, 1.54) is 31.6 Å². The summed E-state index contributed by atoms with van der Waals surface area (Å²) in [6, 6.07) is 16.8. The molecule has 2 aromatic heterocycles. The topological polar surface area (TPSA) is 31.6 Å². The largest absolute Gasteiger partial charge is 0.355 e. The van der Waals surface area contributed by atoms with E-state index >= 15 is 0 Å². The summed E-state index contributed by atoms with van der Waals surface area (Å²) in [4.78, 5) is 6.72. The maximum absolute atomic E-state index is 3.36. The van der Waals surface area contributed by atoms with Crippen LogP contribution in [0.5, 0.6) is 0 Å². The van der Waals surface area contributed by atoms with Gasteiger partial charge in [-0.1, -0.05) is 60.3 Å². The number of fused-ring (bicyclic) bond motifs is 2. The molecule has 0 fully saturated rings. The Hall–Kier alpha value is -2.13. The Morgan fingerprint density at radius 3 is 1.63 bits per heavy atom. The summed E-state index contributed by atoms with van der Waals surface area (Å²) in [5.74, 6) is 0. The van der Waals surface area contributed by atoms with Crippen LogP contribution >= 0.6 is 11.8 Å². The van der Waals surface area contributed by atoms with Gasteiger partial charge in [0.15, 0.2) is 0 Å². The van der Waals surface area contributed by atoms with Crippen LogP contribution in [0.4, 0.5) is 0 Å². The van der Waals surface area contributed by atoms with E-state index in [1.807, 2.05) is 0 Å². The Labute approximate surface area is 114 Å². The Balaban J connectivity index is 1.82. The molecule has 4 aromatic rings. The maximum atomic E-state index is 3.36. The summed E-state index contributed by atoms with van der Waals surface area (Å²) < 4.78 is 0. The maximum Gasteiger partial charge on any atom is 0.0864 e. The number of aromatic amines is 2. The van der Waals surface area contributed by atoms with Crippen LogP contribution < -0.4 is 0 Å². The summed E-state index contributed by atoms with van der Waals surface area (Å²) in [6.45, 7) is 0. The van der Waals surface area contributed by atoms with Crippen molar-refractivity contribution in [2.24, 2.45) is 0 Å². The summed E-state index contributed by atoms with van der Waals surface area (Å²) in [5.41, 5.74) is 0. The highest BCUT2D eigenvalue weighted by atomic mass is 32.2. The lowest BCUT2D eigenvalue weighted by Gasteiger charge is -1.99. The first-order valence-corrected chi connectivity index (χ1v) is 7.03. The Kier molecular flexibility index (Phi) is 2.38. The van der Waals surface area contributed by atoms with Crippen molar-refractivity contribution in [3.63, 3.8) is 0 Å². The van der Waals surface area contributed by atoms with Gasteiger partial charge in [0.1, 0.15) is 0 Å². The highest BCUT2D eigenvalue weighted by Gasteiger charge is 2.08. The van der Waals surface area contributed by atoms with Gasteiger partial charge in [0.05, 0.1) is 10.1 Å². The molecule has 3 heteroatoms. The average Bonchev–Trinajstić information content (AvgIpc) is 3.05. The van der Waals surface area contributed by atoms with Gasteiger partial charge in [-0.25, -0.2) is 0 Å². The molecule has 4 rings (SSSR count). The van der Waals surface area contributed by atoms with Crippen LogP contribution in [-0.4, -0.2) is 9.97 Å².